The standard InChI is InChI=1S/C17H20O5/c1-3-21-16(19)15(17(20)22-4-2)14-12(10-18)9-11-7-5-6-8-13(11)14/h5-8,10,12,14-15H,3-4,9H2,1-2H3/t12-,14-/m0/s1. The van der Waals surface area contributed by atoms with Crippen molar-refractivity contribution in [3.63, 3.8) is 0 Å². The largest absolute Gasteiger partial charge is 0.465 e. The maximum Gasteiger partial charge on any atom is 0.320 e. The monoisotopic (exact) mass is 304 g/mol. The number of carbonyl (C=O) groups excluding carboxylic acids is 3. The first-order valence-electron chi connectivity index (χ1n) is 7.50. The predicted octanol–water partition coefficient (Wildman–Crippen LogP) is 1.88. The van der Waals surface area contributed by atoms with Crippen molar-refractivity contribution in [2.45, 2.75) is 26.2 Å². The van der Waals surface area contributed by atoms with E-state index in [2.05, 4.69) is 0 Å². The molecule has 0 saturated carbocycles. The minimum Gasteiger partial charge on any atom is -0.465 e. The van der Waals surface area contributed by atoms with Crippen LogP contribution in [0.25, 0.3) is 0 Å². The van der Waals surface area contributed by atoms with Gasteiger partial charge in [-0.1, -0.05) is 24.3 Å². The molecule has 5 heteroatoms. The summed E-state index contributed by atoms with van der Waals surface area (Å²) in [7, 11) is 0. The second-order valence-electron chi connectivity index (χ2n) is 5.21. The number of carbonyl (C=O) groups is 3. The third kappa shape index (κ3) is 3.03. The van der Waals surface area contributed by atoms with Crippen LogP contribution in [-0.4, -0.2) is 31.4 Å². The van der Waals surface area contributed by atoms with E-state index < -0.39 is 29.7 Å². The minimum absolute atomic E-state index is 0.175. The average molecular weight is 304 g/mol. The van der Waals surface area contributed by atoms with Crippen LogP contribution in [0.1, 0.15) is 30.9 Å². The van der Waals surface area contributed by atoms with Crippen molar-refractivity contribution in [2.75, 3.05) is 13.2 Å². The van der Waals surface area contributed by atoms with Crippen molar-refractivity contribution in [2.24, 2.45) is 11.8 Å². The molecule has 0 fully saturated rings. The van der Waals surface area contributed by atoms with E-state index in [1.807, 2.05) is 24.3 Å². The molecule has 0 radical (unpaired) electrons. The van der Waals surface area contributed by atoms with E-state index in [0.29, 0.717) is 6.42 Å². The van der Waals surface area contributed by atoms with E-state index in [9.17, 15) is 14.4 Å². The molecule has 1 aromatic rings. The van der Waals surface area contributed by atoms with E-state index in [4.69, 9.17) is 9.47 Å². The molecule has 0 aliphatic heterocycles. The zero-order valence-electron chi connectivity index (χ0n) is 12.8. The van der Waals surface area contributed by atoms with E-state index >= 15 is 0 Å². The van der Waals surface area contributed by atoms with Crippen LogP contribution in [0.2, 0.25) is 0 Å². The van der Waals surface area contributed by atoms with Crippen molar-refractivity contribution in [3.05, 3.63) is 35.4 Å². The van der Waals surface area contributed by atoms with E-state index in [1.54, 1.807) is 13.8 Å². The molecule has 22 heavy (non-hydrogen) atoms. The number of aldehydes is 1. The lowest BCUT2D eigenvalue weighted by molar-refractivity contribution is -0.163. The topological polar surface area (TPSA) is 69.7 Å². The minimum atomic E-state index is -1.10. The fraction of sp³-hybridized carbons (Fsp3) is 0.471. The van der Waals surface area contributed by atoms with Crippen LogP contribution < -0.4 is 0 Å². The Morgan fingerprint density at radius 2 is 1.77 bits per heavy atom. The maximum atomic E-state index is 12.3. The van der Waals surface area contributed by atoms with Crippen LogP contribution in [0.5, 0.6) is 0 Å². The maximum absolute atomic E-state index is 12.3. The highest BCUT2D eigenvalue weighted by atomic mass is 16.6. The molecular weight excluding hydrogens is 284 g/mol. The number of ether oxygens (including phenoxy) is 2. The number of hydrogen-bond acceptors (Lipinski definition) is 5. The quantitative estimate of drug-likeness (QED) is 0.456. The van der Waals surface area contributed by atoms with Crippen LogP contribution in [0.15, 0.2) is 24.3 Å². The molecule has 118 valence electrons. The Balaban J connectivity index is 2.42. The molecule has 0 aromatic heterocycles. The summed E-state index contributed by atoms with van der Waals surface area (Å²) in [6.45, 7) is 3.71. The summed E-state index contributed by atoms with van der Waals surface area (Å²) >= 11 is 0. The lowest BCUT2D eigenvalue weighted by Crippen LogP contribution is -2.35. The van der Waals surface area contributed by atoms with E-state index in [-0.39, 0.29) is 13.2 Å². The first-order valence-corrected chi connectivity index (χ1v) is 7.50. The molecule has 0 spiro atoms. The van der Waals surface area contributed by atoms with Gasteiger partial charge in [0.1, 0.15) is 6.29 Å². The molecule has 1 aliphatic carbocycles. The van der Waals surface area contributed by atoms with Crippen molar-refractivity contribution >= 4 is 18.2 Å². The average Bonchev–Trinajstić information content (AvgIpc) is 2.87. The Morgan fingerprint density at radius 1 is 1.18 bits per heavy atom. The van der Waals surface area contributed by atoms with Crippen LogP contribution in [0.4, 0.5) is 0 Å². The van der Waals surface area contributed by atoms with Gasteiger partial charge in [-0.2, -0.15) is 0 Å². The van der Waals surface area contributed by atoms with Gasteiger partial charge < -0.3 is 14.3 Å². The Labute approximate surface area is 129 Å². The summed E-state index contributed by atoms with van der Waals surface area (Å²) < 4.78 is 10.1. The first kappa shape index (κ1) is 16.2. The van der Waals surface area contributed by atoms with E-state index in [0.717, 1.165) is 17.4 Å². The van der Waals surface area contributed by atoms with Crippen LogP contribution >= 0.6 is 0 Å². The Hall–Kier alpha value is -2.17. The summed E-state index contributed by atoms with van der Waals surface area (Å²) in [5, 5.41) is 0. The van der Waals surface area contributed by atoms with Gasteiger partial charge in [0.05, 0.1) is 13.2 Å². The lowest BCUT2D eigenvalue weighted by Gasteiger charge is -2.24. The van der Waals surface area contributed by atoms with Crippen molar-refractivity contribution in [1.29, 1.82) is 0 Å². The fourth-order valence-electron chi connectivity index (χ4n) is 3.07. The van der Waals surface area contributed by atoms with Gasteiger partial charge in [0, 0.05) is 11.8 Å². The van der Waals surface area contributed by atoms with E-state index in [1.165, 1.54) is 0 Å². The highest BCUT2D eigenvalue weighted by Gasteiger charge is 2.46. The second-order valence-corrected chi connectivity index (χ2v) is 5.21. The van der Waals surface area contributed by atoms with Crippen molar-refractivity contribution in [3.8, 4) is 0 Å². The molecule has 2 rings (SSSR count). The van der Waals surface area contributed by atoms with Gasteiger partial charge in [-0.25, -0.2) is 0 Å². The van der Waals surface area contributed by atoms with Crippen molar-refractivity contribution < 1.29 is 23.9 Å². The second kappa shape index (κ2) is 7.20. The summed E-state index contributed by atoms with van der Waals surface area (Å²) in [6.07, 6.45) is 1.34. The molecule has 5 nitrogen and oxygen atoms in total. The SMILES string of the molecule is CCOC(=O)C(C(=O)OCC)[C@@H]1c2ccccc2C[C@H]1C=O. The smallest absolute Gasteiger partial charge is 0.320 e. The zero-order chi connectivity index (χ0) is 16.1. The Bertz CT molecular complexity index is 548. The summed E-state index contributed by atoms with van der Waals surface area (Å²) in [5.41, 5.74) is 1.84. The number of fused-ring (bicyclic) bond motifs is 1. The van der Waals surface area contributed by atoms with Gasteiger partial charge in [-0.3, -0.25) is 9.59 Å². The number of benzene rings is 1. The molecule has 0 N–H and O–H groups in total. The molecule has 0 unspecified atom stereocenters. The summed E-state index contributed by atoms with van der Waals surface area (Å²) in [6, 6.07) is 7.49. The van der Waals surface area contributed by atoms with Crippen molar-refractivity contribution in [1.82, 2.24) is 0 Å². The molecule has 1 aliphatic rings. The predicted molar refractivity (Wildman–Crippen MR) is 79.2 cm³/mol. The lowest BCUT2D eigenvalue weighted by atomic mass is 9.81. The highest BCUT2D eigenvalue weighted by Crippen LogP contribution is 2.42. The van der Waals surface area contributed by atoms with Crippen LogP contribution in [0.3, 0.4) is 0 Å². The highest BCUT2D eigenvalue weighted by molar-refractivity contribution is 5.97. The molecule has 0 amide bonds. The summed E-state index contributed by atoms with van der Waals surface area (Å²) in [4.78, 5) is 36.0. The first-order chi connectivity index (χ1) is 10.6. The Kier molecular flexibility index (Phi) is 5.31. The van der Waals surface area contributed by atoms with Gasteiger partial charge in [-0.15, -0.1) is 0 Å². The molecule has 0 saturated heterocycles. The molecular formula is C17H20O5. The zero-order valence-corrected chi connectivity index (χ0v) is 12.8. The van der Waals surface area contributed by atoms with Crippen LogP contribution in [0, 0.1) is 11.8 Å². The molecule has 1 aromatic carbocycles. The third-order valence-corrected chi connectivity index (χ3v) is 3.95. The molecule has 0 bridgehead atoms. The van der Waals surface area contributed by atoms with Gasteiger partial charge >= 0.3 is 11.9 Å². The van der Waals surface area contributed by atoms with Gasteiger partial charge in [-0.05, 0) is 31.4 Å². The summed E-state index contributed by atoms with van der Waals surface area (Å²) in [5.74, 6) is -3.30. The fourth-order valence-corrected chi connectivity index (χ4v) is 3.07. The van der Waals surface area contributed by atoms with Crippen LogP contribution in [-0.2, 0) is 30.3 Å². The molecule has 0 heterocycles. The molecule has 2 atom stereocenters. The Morgan fingerprint density at radius 3 is 2.32 bits per heavy atom. The van der Waals surface area contributed by atoms with Gasteiger partial charge in [0.2, 0.25) is 0 Å². The van der Waals surface area contributed by atoms with Gasteiger partial charge in [0.25, 0.3) is 0 Å². The number of hydrogen-bond donors (Lipinski definition) is 0. The normalized spacial score (nSPS) is 19.6. The third-order valence-electron chi connectivity index (χ3n) is 3.95. The number of rotatable bonds is 6. The van der Waals surface area contributed by atoms with Gasteiger partial charge in [0.15, 0.2) is 5.92 Å². The number of esters is 2.